The average Bonchev–Trinajstić information content (AvgIpc) is 4.02. The fraction of sp³-hybridized carbons (Fsp3) is 0.0833. The summed E-state index contributed by atoms with van der Waals surface area (Å²) < 4.78 is 0. The Bertz CT molecular complexity index is 2420. The van der Waals surface area contributed by atoms with E-state index in [0.29, 0.717) is 0 Å². The second-order valence-electron chi connectivity index (χ2n) is 14.1. The molecule has 9 rings (SSSR count). The van der Waals surface area contributed by atoms with Crippen molar-refractivity contribution in [1.82, 2.24) is 19.9 Å². The number of nitrogens with zero attached hydrogens (tertiary/aromatic N) is 2. The molecule has 0 atom stereocenters. The molecule has 0 unspecified atom stereocenters. The van der Waals surface area contributed by atoms with E-state index in [-0.39, 0.29) is 0 Å². The molecule has 2 aliphatic heterocycles. The minimum atomic E-state index is -1.33. The van der Waals surface area contributed by atoms with Crippen molar-refractivity contribution < 1.29 is 11.2 Å². The number of nitrogens with one attached hydrogen (secondary N) is 2. The Labute approximate surface area is 344 Å². The number of H-pyrrole nitrogens is 2. The summed E-state index contributed by atoms with van der Waals surface area (Å²) >= 11 is -1.33. The van der Waals surface area contributed by atoms with Gasteiger partial charge >= 0.3 is 41.5 Å². The molecule has 5 heterocycles. The third-order valence-electron chi connectivity index (χ3n) is 10.1. The molecule has 0 aliphatic carbocycles. The van der Waals surface area contributed by atoms with Gasteiger partial charge in [-0.05, 0) is 98.5 Å². The van der Waals surface area contributed by atoms with Crippen molar-refractivity contribution >= 4 is 76.7 Å². The Kier molecular flexibility index (Phi) is 10.9. The van der Waals surface area contributed by atoms with E-state index in [1.807, 2.05) is 0 Å². The van der Waals surface area contributed by atoms with Crippen LogP contribution in [0.3, 0.4) is 0 Å². The molecule has 7 aromatic rings. The number of aromatic nitrogens is 4. The molecule has 56 heavy (non-hydrogen) atoms. The summed E-state index contributed by atoms with van der Waals surface area (Å²) in [6.07, 6.45) is 8.61. The Balaban J connectivity index is 0.00000105. The van der Waals surface area contributed by atoms with Crippen molar-refractivity contribution in [3.05, 3.63) is 166 Å². The van der Waals surface area contributed by atoms with Gasteiger partial charge in [-0.3, -0.25) is 0 Å². The molecule has 0 saturated carbocycles. The van der Waals surface area contributed by atoms with Crippen molar-refractivity contribution in [1.29, 1.82) is 0 Å². The van der Waals surface area contributed by atoms with Gasteiger partial charge in [0.15, 0.2) is 0 Å². The molecule has 279 valence electrons. The summed E-state index contributed by atoms with van der Waals surface area (Å²) in [5, 5.41) is 0. The van der Waals surface area contributed by atoms with E-state index in [4.69, 9.17) is 40.3 Å². The van der Waals surface area contributed by atoms with Crippen molar-refractivity contribution in [2.75, 3.05) is 0 Å². The van der Waals surface area contributed by atoms with Gasteiger partial charge in [-0.15, -0.1) is 0 Å². The number of benzene rings is 4. The molecule has 8 bridgehead atoms. The number of fused-ring (bicyclic) bond motifs is 8. The quantitative estimate of drug-likeness (QED) is 0.174. The molecule has 8 heteroatoms. The first-order valence-electron chi connectivity index (χ1n) is 18.2. The van der Waals surface area contributed by atoms with E-state index in [1.54, 1.807) is 0 Å². The zero-order chi connectivity index (χ0) is 38.9. The SMILES string of the molecule is Cc1ccc(-c2c3nc(c(-c4ccc(C)cc4)c4ccc([nH]4)c(-c4ccc(C)cc4)c4nc(c(-c5ccc(C)cc5)c5ccc2[nH]5)C=C4)C=C3)cc1.[Cl][Fe]([Cl])[Cl]. The van der Waals surface area contributed by atoms with Crippen LogP contribution in [0.5, 0.6) is 0 Å². The van der Waals surface area contributed by atoms with Gasteiger partial charge in [0, 0.05) is 44.3 Å². The Morgan fingerprint density at radius 1 is 0.339 bits per heavy atom. The van der Waals surface area contributed by atoms with Gasteiger partial charge in [-0.25, -0.2) is 9.97 Å². The number of halogens is 3. The molecule has 3 aromatic heterocycles. The Hall–Kier alpha value is -5.13. The monoisotopic (exact) mass is 831 g/mol. The summed E-state index contributed by atoms with van der Waals surface area (Å²) in [6.45, 7) is 8.49. The summed E-state index contributed by atoms with van der Waals surface area (Å²) in [6, 6.07) is 43.6. The van der Waals surface area contributed by atoms with Crippen LogP contribution in [0.4, 0.5) is 0 Å². The van der Waals surface area contributed by atoms with Crippen LogP contribution in [0.1, 0.15) is 45.0 Å². The molecular formula is C48H38Cl3FeN4. The molecule has 0 spiro atoms. The number of aromatic amines is 2. The fourth-order valence-corrected chi connectivity index (χ4v) is 7.30. The van der Waals surface area contributed by atoms with E-state index in [2.05, 4.69) is 183 Å². The van der Waals surface area contributed by atoms with E-state index >= 15 is 0 Å². The van der Waals surface area contributed by atoms with Gasteiger partial charge < -0.3 is 9.97 Å². The van der Waals surface area contributed by atoms with E-state index < -0.39 is 11.2 Å². The Morgan fingerprint density at radius 3 is 0.732 bits per heavy atom. The van der Waals surface area contributed by atoms with Crippen LogP contribution >= 0.6 is 30.3 Å². The molecule has 0 fully saturated rings. The molecule has 0 radical (unpaired) electrons. The van der Waals surface area contributed by atoms with Gasteiger partial charge in [0.1, 0.15) is 0 Å². The van der Waals surface area contributed by atoms with E-state index in [0.717, 1.165) is 89.4 Å². The average molecular weight is 833 g/mol. The number of rotatable bonds is 4. The maximum atomic E-state index is 5.41. The number of hydrogen-bond acceptors (Lipinski definition) is 2. The van der Waals surface area contributed by atoms with Gasteiger partial charge in [-0.2, -0.15) is 0 Å². The third-order valence-corrected chi connectivity index (χ3v) is 10.1. The molecule has 4 nitrogen and oxygen atoms in total. The van der Waals surface area contributed by atoms with Crippen LogP contribution in [-0.4, -0.2) is 19.9 Å². The molecular weight excluding hydrogens is 795 g/mol. The zero-order valence-electron chi connectivity index (χ0n) is 31.2. The van der Waals surface area contributed by atoms with Crippen LogP contribution in [0.2, 0.25) is 0 Å². The minimum absolute atomic E-state index is 0.910. The van der Waals surface area contributed by atoms with Crippen molar-refractivity contribution in [2.24, 2.45) is 0 Å². The summed E-state index contributed by atoms with van der Waals surface area (Å²) in [5.74, 6) is 0. The molecule has 2 aliphatic rings. The molecule has 4 aromatic carbocycles. The maximum absolute atomic E-state index is 5.41. The summed E-state index contributed by atoms with van der Waals surface area (Å²) in [7, 11) is 14.7. The van der Waals surface area contributed by atoms with E-state index in [9.17, 15) is 0 Å². The molecule has 0 saturated heterocycles. The summed E-state index contributed by atoms with van der Waals surface area (Å²) in [4.78, 5) is 18.5. The van der Waals surface area contributed by atoms with Crippen molar-refractivity contribution in [2.45, 2.75) is 27.7 Å². The van der Waals surface area contributed by atoms with Gasteiger partial charge in [0.25, 0.3) is 0 Å². The topological polar surface area (TPSA) is 57.4 Å². The first-order valence-corrected chi connectivity index (χ1v) is 22.8. The normalized spacial score (nSPS) is 12.0. The van der Waals surface area contributed by atoms with E-state index in [1.165, 1.54) is 22.3 Å². The van der Waals surface area contributed by atoms with Crippen molar-refractivity contribution in [3.63, 3.8) is 0 Å². The summed E-state index contributed by atoms with van der Waals surface area (Å²) in [5.41, 5.74) is 21.1. The fourth-order valence-electron chi connectivity index (χ4n) is 7.30. The zero-order valence-corrected chi connectivity index (χ0v) is 34.6. The number of aryl methyl sites for hydroxylation is 4. The number of hydrogen-bond donors (Lipinski definition) is 2. The predicted octanol–water partition coefficient (Wildman–Crippen LogP) is 14.6. The van der Waals surface area contributed by atoms with Crippen LogP contribution < -0.4 is 0 Å². The molecule has 2 N–H and O–H groups in total. The standard InChI is InChI=1S/C48H38N4.3ClH.Fe/c1-29-5-13-33(14-6-29)45-37-21-23-39(49-37)46(34-15-7-30(2)8-16-34)41-25-27-43(51-41)48(36-19-11-32(4)12-20-36)44-28-26-42(52-44)47(40-24-22-38(45)50-40)35-17-9-31(3)10-18-35;;;;/h5-28,49,52H,1-4H3;3*1H;/q;;;;+3/p-3. The second-order valence-corrected chi connectivity index (χ2v) is 19.6. The van der Waals surface area contributed by atoms with Crippen LogP contribution in [-0.2, 0) is 11.2 Å². The Morgan fingerprint density at radius 2 is 0.536 bits per heavy atom. The van der Waals surface area contributed by atoms with Gasteiger partial charge in [0.2, 0.25) is 0 Å². The second kappa shape index (κ2) is 16.2. The first kappa shape index (κ1) is 37.8. The first-order chi connectivity index (χ1) is 27.1. The predicted molar refractivity (Wildman–Crippen MR) is 237 cm³/mol. The third kappa shape index (κ3) is 7.93. The van der Waals surface area contributed by atoms with Crippen LogP contribution in [0, 0.1) is 27.7 Å². The molecule has 0 amide bonds. The van der Waals surface area contributed by atoms with Crippen LogP contribution in [0.15, 0.2) is 121 Å². The van der Waals surface area contributed by atoms with Gasteiger partial charge in [0.05, 0.1) is 22.8 Å². The van der Waals surface area contributed by atoms with Crippen LogP contribution in [0.25, 0.3) is 90.9 Å². The van der Waals surface area contributed by atoms with Gasteiger partial charge in [-0.1, -0.05) is 119 Å². The van der Waals surface area contributed by atoms with Crippen molar-refractivity contribution in [3.8, 4) is 44.5 Å².